The number of benzene rings is 1. The zero-order valence-electron chi connectivity index (χ0n) is 14.5. The number of rotatable bonds is 5. The highest BCUT2D eigenvalue weighted by Crippen LogP contribution is 2.28. The zero-order valence-corrected chi connectivity index (χ0v) is 14.5. The number of carbonyl (C=O) groups excluding carboxylic acids is 2. The Balaban J connectivity index is 1.53. The van der Waals surface area contributed by atoms with Crippen molar-refractivity contribution in [1.29, 1.82) is 0 Å². The minimum atomic E-state index is -0.658. The molecule has 2 aliphatic heterocycles. The molecule has 1 atom stereocenters. The van der Waals surface area contributed by atoms with Crippen LogP contribution in [0.15, 0.2) is 18.2 Å². The van der Waals surface area contributed by atoms with Crippen LogP contribution in [0.25, 0.3) is 0 Å². The molecule has 0 bridgehead atoms. The van der Waals surface area contributed by atoms with Crippen LogP contribution in [-0.4, -0.2) is 62.7 Å². The molecule has 136 valence electrons. The summed E-state index contributed by atoms with van der Waals surface area (Å²) in [5, 5.41) is 2.87. The molecule has 2 saturated heterocycles. The Kier molecular flexibility index (Phi) is 5.65. The van der Waals surface area contributed by atoms with Crippen LogP contribution in [0.1, 0.15) is 12.0 Å². The van der Waals surface area contributed by atoms with Crippen molar-refractivity contribution in [2.75, 3.05) is 50.8 Å². The number of morpholine rings is 1. The lowest BCUT2D eigenvalue weighted by molar-refractivity contribution is -0.132. The normalized spacial score (nSPS) is 21.6. The minimum Gasteiger partial charge on any atom is -0.379 e. The topological polar surface area (TPSA) is 61.9 Å². The number of hydrogen-bond acceptors (Lipinski definition) is 4. The van der Waals surface area contributed by atoms with Crippen molar-refractivity contribution in [3.05, 3.63) is 29.6 Å². The fraction of sp³-hybridized carbons (Fsp3) is 0.556. The molecule has 0 radical (unpaired) electrons. The van der Waals surface area contributed by atoms with Gasteiger partial charge < -0.3 is 15.0 Å². The first kappa shape index (κ1) is 17.8. The Labute approximate surface area is 146 Å². The van der Waals surface area contributed by atoms with E-state index in [2.05, 4.69) is 10.2 Å². The molecule has 1 N–H and O–H groups in total. The van der Waals surface area contributed by atoms with Crippen LogP contribution in [0.4, 0.5) is 10.1 Å². The molecule has 3 rings (SSSR count). The molecule has 1 aromatic rings. The molecule has 1 aromatic carbocycles. The minimum absolute atomic E-state index is 0.210. The van der Waals surface area contributed by atoms with Crippen LogP contribution in [0.5, 0.6) is 0 Å². The van der Waals surface area contributed by atoms with Gasteiger partial charge in [-0.05, 0) is 37.1 Å². The summed E-state index contributed by atoms with van der Waals surface area (Å²) in [6.07, 6.45) is 0.485. The molecule has 0 aromatic heterocycles. The first-order chi connectivity index (χ1) is 12.1. The standard InChI is InChI=1S/C18H24FN3O3/c1-13-12-14(19)2-3-16(13)22-6-4-15(18(22)24)17(23)20-5-7-21-8-10-25-11-9-21/h2-3,12,15H,4-11H2,1H3,(H,20,23)/t15-/m1/s1. The summed E-state index contributed by atoms with van der Waals surface area (Å²) >= 11 is 0. The highest BCUT2D eigenvalue weighted by molar-refractivity contribution is 6.09. The molecule has 6 nitrogen and oxygen atoms in total. The van der Waals surface area contributed by atoms with Gasteiger partial charge in [-0.1, -0.05) is 0 Å². The third kappa shape index (κ3) is 4.16. The highest BCUT2D eigenvalue weighted by Gasteiger charge is 2.37. The number of halogens is 1. The van der Waals surface area contributed by atoms with Crippen LogP contribution in [-0.2, 0) is 14.3 Å². The summed E-state index contributed by atoms with van der Waals surface area (Å²) in [4.78, 5) is 28.8. The quantitative estimate of drug-likeness (QED) is 0.804. The van der Waals surface area contributed by atoms with Gasteiger partial charge in [-0.2, -0.15) is 0 Å². The van der Waals surface area contributed by atoms with E-state index in [-0.39, 0.29) is 17.6 Å². The molecule has 0 aliphatic carbocycles. The molecule has 0 spiro atoms. The Morgan fingerprint density at radius 1 is 1.32 bits per heavy atom. The highest BCUT2D eigenvalue weighted by atomic mass is 19.1. The molecular weight excluding hydrogens is 325 g/mol. The van der Waals surface area contributed by atoms with Crippen molar-refractivity contribution < 1.29 is 18.7 Å². The molecule has 2 fully saturated rings. The van der Waals surface area contributed by atoms with Gasteiger partial charge in [0.2, 0.25) is 11.8 Å². The van der Waals surface area contributed by atoms with Gasteiger partial charge in [0.1, 0.15) is 11.7 Å². The van der Waals surface area contributed by atoms with Crippen LogP contribution in [0.3, 0.4) is 0 Å². The maximum atomic E-state index is 13.2. The van der Waals surface area contributed by atoms with Gasteiger partial charge in [-0.15, -0.1) is 0 Å². The van der Waals surface area contributed by atoms with Crippen molar-refractivity contribution in [2.45, 2.75) is 13.3 Å². The number of nitrogens with one attached hydrogen (secondary N) is 1. The lowest BCUT2D eigenvalue weighted by Crippen LogP contribution is -2.43. The second-order valence-corrected chi connectivity index (χ2v) is 6.51. The number of anilines is 1. The largest absolute Gasteiger partial charge is 0.379 e. The van der Waals surface area contributed by atoms with Gasteiger partial charge in [0.15, 0.2) is 0 Å². The molecule has 7 heteroatoms. The number of carbonyl (C=O) groups is 2. The van der Waals surface area contributed by atoms with Gasteiger partial charge in [0.25, 0.3) is 0 Å². The van der Waals surface area contributed by atoms with E-state index < -0.39 is 5.92 Å². The van der Waals surface area contributed by atoms with Gasteiger partial charge in [-0.3, -0.25) is 14.5 Å². The van der Waals surface area contributed by atoms with Crippen molar-refractivity contribution >= 4 is 17.5 Å². The monoisotopic (exact) mass is 349 g/mol. The number of aryl methyl sites for hydroxylation is 1. The second kappa shape index (κ2) is 7.93. The summed E-state index contributed by atoms with van der Waals surface area (Å²) in [6, 6.07) is 4.34. The molecule has 25 heavy (non-hydrogen) atoms. The molecule has 2 heterocycles. The third-order valence-corrected chi connectivity index (χ3v) is 4.80. The maximum absolute atomic E-state index is 13.2. The fourth-order valence-electron chi connectivity index (χ4n) is 3.37. The number of hydrogen-bond donors (Lipinski definition) is 1. The summed E-state index contributed by atoms with van der Waals surface area (Å²) < 4.78 is 18.5. The lowest BCUT2D eigenvalue weighted by Gasteiger charge is -2.26. The predicted molar refractivity (Wildman–Crippen MR) is 91.9 cm³/mol. The lowest BCUT2D eigenvalue weighted by atomic mass is 10.1. The number of amides is 2. The Morgan fingerprint density at radius 2 is 2.08 bits per heavy atom. The molecule has 2 aliphatic rings. The fourth-order valence-corrected chi connectivity index (χ4v) is 3.37. The average molecular weight is 349 g/mol. The van der Waals surface area contributed by atoms with E-state index in [9.17, 15) is 14.0 Å². The first-order valence-corrected chi connectivity index (χ1v) is 8.71. The number of nitrogens with zero attached hydrogens (tertiary/aromatic N) is 2. The Morgan fingerprint density at radius 3 is 2.80 bits per heavy atom. The van der Waals surface area contributed by atoms with Gasteiger partial charge >= 0.3 is 0 Å². The van der Waals surface area contributed by atoms with Crippen molar-refractivity contribution in [2.24, 2.45) is 5.92 Å². The zero-order chi connectivity index (χ0) is 17.8. The third-order valence-electron chi connectivity index (χ3n) is 4.80. The smallest absolute Gasteiger partial charge is 0.239 e. The van der Waals surface area contributed by atoms with E-state index in [0.29, 0.717) is 30.8 Å². The molecule has 2 amide bonds. The first-order valence-electron chi connectivity index (χ1n) is 8.71. The van der Waals surface area contributed by atoms with E-state index in [1.54, 1.807) is 17.9 Å². The summed E-state index contributed by atoms with van der Waals surface area (Å²) in [5.41, 5.74) is 1.37. The van der Waals surface area contributed by atoms with Crippen molar-refractivity contribution in [1.82, 2.24) is 10.2 Å². The van der Waals surface area contributed by atoms with E-state index in [4.69, 9.17) is 4.74 Å². The average Bonchev–Trinajstić information content (AvgIpc) is 2.97. The molecule has 0 saturated carbocycles. The summed E-state index contributed by atoms with van der Waals surface area (Å²) in [6.45, 7) is 6.72. The van der Waals surface area contributed by atoms with E-state index >= 15 is 0 Å². The Bertz CT molecular complexity index is 646. The summed E-state index contributed by atoms with van der Waals surface area (Å²) in [5.74, 6) is -1.42. The van der Waals surface area contributed by atoms with Crippen molar-refractivity contribution in [3.63, 3.8) is 0 Å². The van der Waals surface area contributed by atoms with Crippen LogP contribution in [0, 0.1) is 18.7 Å². The molecule has 0 unspecified atom stereocenters. The van der Waals surface area contributed by atoms with Crippen LogP contribution < -0.4 is 10.2 Å². The molecular formula is C18H24FN3O3. The van der Waals surface area contributed by atoms with Crippen LogP contribution >= 0.6 is 0 Å². The van der Waals surface area contributed by atoms with Crippen molar-refractivity contribution in [3.8, 4) is 0 Å². The van der Waals surface area contributed by atoms with Gasteiger partial charge in [0.05, 0.1) is 13.2 Å². The van der Waals surface area contributed by atoms with Gasteiger partial charge in [-0.25, -0.2) is 4.39 Å². The maximum Gasteiger partial charge on any atom is 0.239 e. The second-order valence-electron chi connectivity index (χ2n) is 6.51. The Hall–Kier alpha value is -1.99. The van der Waals surface area contributed by atoms with E-state index in [0.717, 1.165) is 32.8 Å². The SMILES string of the molecule is Cc1cc(F)ccc1N1CC[C@H](C(=O)NCCN2CCOCC2)C1=O. The van der Waals surface area contributed by atoms with E-state index in [1.165, 1.54) is 12.1 Å². The van der Waals surface area contributed by atoms with E-state index in [1.807, 2.05) is 0 Å². The predicted octanol–water partition coefficient (Wildman–Crippen LogP) is 0.935. The number of ether oxygens (including phenoxy) is 1. The van der Waals surface area contributed by atoms with Crippen LogP contribution in [0.2, 0.25) is 0 Å². The summed E-state index contributed by atoms with van der Waals surface area (Å²) in [7, 11) is 0. The van der Waals surface area contributed by atoms with Gasteiger partial charge in [0, 0.05) is 38.4 Å².